The Morgan fingerprint density at radius 3 is 2.22 bits per heavy atom. The molecule has 1 aliphatic carbocycles. The van der Waals surface area contributed by atoms with Crippen molar-refractivity contribution >= 4 is 0 Å². The van der Waals surface area contributed by atoms with Gasteiger partial charge in [-0.05, 0) is 19.3 Å². The molecule has 0 spiro atoms. The van der Waals surface area contributed by atoms with Crippen LogP contribution in [0.15, 0.2) is 0 Å². The third-order valence-electron chi connectivity index (χ3n) is 4.62. The Kier molecular flexibility index (Phi) is 5.46. The lowest BCUT2D eigenvalue weighted by atomic mass is 9.88. The highest BCUT2D eigenvalue weighted by Gasteiger charge is 2.31. The minimum absolute atomic E-state index is 0.230. The van der Waals surface area contributed by atoms with Crippen LogP contribution in [0.2, 0.25) is 0 Å². The SMILES string of the molecule is N#CC1CCCCCCCCC1N1CC[C@H](N)C1. The molecule has 2 aliphatic rings. The van der Waals surface area contributed by atoms with Crippen molar-refractivity contribution < 1.29 is 0 Å². The lowest BCUT2D eigenvalue weighted by molar-refractivity contribution is 0.173. The first-order chi connectivity index (χ1) is 8.81. The maximum absolute atomic E-state index is 9.46. The van der Waals surface area contributed by atoms with Gasteiger partial charge in [0.15, 0.2) is 0 Å². The lowest BCUT2D eigenvalue weighted by Crippen LogP contribution is -2.40. The first-order valence-corrected chi connectivity index (χ1v) is 7.70. The van der Waals surface area contributed by atoms with Crippen LogP contribution in [-0.4, -0.2) is 30.1 Å². The molecule has 1 saturated heterocycles. The van der Waals surface area contributed by atoms with Crippen molar-refractivity contribution in [1.82, 2.24) is 4.90 Å². The highest BCUT2D eigenvalue weighted by atomic mass is 15.2. The van der Waals surface area contributed by atoms with E-state index in [0.29, 0.717) is 12.1 Å². The molecule has 2 unspecified atom stereocenters. The van der Waals surface area contributed by atoms with Crippen LogP contribution in [0.5, 0.6) is 0 Å². The number of nitriles is 1. The molecule has 3 atom stereocenters. The minimum Gasteiger partial charge on any atom is -0.326 e. The second kappa shape index (κ2) is 7.11. The zero-order valence-electron chi connectivity index (χ0n) is 11.5. The fourth-order valence-corrected chi connectivity index (χ4v) is 3.52. The third-order valence-corrected chi connectivity index (χ3v) is 4.62. The number of rotatable bonds is 1. The molecule has 0 amide bonds. The number of nitrogens with two attached hydrogens (primary N) is 1. The van der Waals surface area contributed by atoms with Gasteiger partial charge in [-0.15, -0.1) is 0 Å². The number of hydrogen-bond acceptors (Lipinski definition) is 3. The minimum atomic E-state index is 0.230. The van der Waals surface area contributed by atoms with Crippen LogP contribution in [-0.2, 0) is 0 Å². The van der Waals surface area contributed by atoms with Crippen LogP contribution < -0.4 is 5.73 Å². The van der Waals surface area contributed by atoms with Crippen molar-refractivity contribution in [3.8, 4) is 6.07 Å². The molecule has 0 aromatic carbocycles. The molecular weight excluding hydrogens is 222 g/mol. The van der Waals surface area contributed by atoms with E-state index in [-0.39, 0.29) is 5.92 Å². The second-order valence-electron chi connectivity index (χ2n) is 6.05. The Bertz CT molecular complexity index is 284. The number of likely N-dealkylation sites (tertiary alicyclic amines) is 1. The molecule has 3 nitrogen and oxygen atoms in total. The van der Waals surface area contributed by atoms with Crippen molar-refractivity contribution in [2.45, 2.75) is 69.9 Å². The number of hydrogen-bond donors (Lipinski definition) is 1. The van der Waals surface area contributed by atoms with Crippen LogP contribution in [0.1, 0.15) is 57.8 Å². The summed E-state index contributed by atoms with van der Waals surface area (Å²) in [5.41, 5.74) is 6.02. The average molecular weight is 249 g/mol. The molecule has 1 aliphatic heterocycles. The summed E-state index contributed by atoms with van der Waals surface area (Å²) >= 11 is 0. The molecular formula is C15H27N3. The highest BCUT2D eigenvalue weighted by Crippen LogP contribution is 2.27. The predicted octanol–water partition coefficient (Wildman–Crippen LogP) is 2.66. The Morgan fingerprint density at radius 2 is 1.61 bits per heavy atom. The van der Waals surface area contributed by atoms with E-state index in [1.807, 2.05) is 0 Å². The molecule has 1 saturated carbocycles. The van der Waals surface area contributed by atoms with Crippen molar-refractivity contribution in [2.75, 3.05) is 13.1 Å². The summed E-state index contributed by atoms with van der Waals surface area (Å²) < 4.78 is 0. The fourth-order valence-electron chi connectivity index (χ4n) is 3.52. The fraction of sp³-hybridized carbons (Fsp3) is 0.933. The van der Waals surface area contributed by atoms with Gasteiger partial charge >= 0.3 is 0 Å². The summed E-state index contributed by atoms with van der Waals surface area (Å²) in [6.07, 6.45) is 11.3. The normalized spacial score (nSPS) is 36.1. The molecule has 2 rings (SSSR count). The maximum Gasteiger partial charge on any atom is 0.0672 e. The van der Waals surface area contributed by atoms with Crippen LogP contribution in [0, 0.1) is 17.2 Å². The third kappa shape index (κ3) is 3.70. The Morgan fingerprint density at radius 1 is 0.944 bits per heavy atom. The zero-order valence-corrected chi connectivity index (χ0v) is 11.5. The molecule has 0 aromatic heterocycles. The van der Waals surface area contributed by atoms with Crippen molar-refractivity contribution in [3.05, 3.63) is 0 Å². The van der Waals surface area contributed by atoms with Gasteiger partial charge in [0.2, 0.25) is 0 Å². The largest absolute Gasteiger partial charge is 0.326 e. The van der Waals surface area contributed by atoms with Crippen molar-refractivity contribution in [1.29, 1.82) is 5.26 Å². The molecule has 0 aromatic rings. The van der Waals surface area contributed by atoms with Crippen molar-refractivity contribution in [2.24, 2.45) is 11.7 Å². The molecule has 3 heteroatoms. The van der Waals surface area contributed by atoms with E-state index < -0.39 is 0 Å². The Labute approximate surface area is 111 Å². The topological polar surface area (TPSA) is 53.0 Å². The predicted molar refractivity (Wildman–Crippen MR) is 74.0 cm³/mol. The zero-order chi connectivity index (χ0) is 12.8. The quantitative estimate of drug-likeness (QED) is 0.777. The summed E-state index contributed by atoms with van der Waals surface area (Å²) in [5, 5.41) is 9.46. The standard InChI is InChI=1S/C15H27N3/c16-11-13-7-5-3-1-2-4-6-8-15(13)18-10-9-14(17)12-18/h13-15H,1-10,12,17H2/t13?,14-,15?/m0/s1. The van der Waals surface area contributed by atoms with Gasteiger partial charge in [0.25, 0.3) is 0 Å². The molecule has 2 N–H and O–H groups in total. The molecule has 18 heavy (non-hydrogen) atoms. The Hall–Kier alpha value is -0.590. The van der Waals surface area contributed by atoms with Gasteiger partial charge in [0.1, 0.15) is 0 Å². The molecule has 102 valence electrons. The highest BCUT2D eigenvalue weighted by molar-refractivity contribution is 4.96. The first-order valence-electron chi connectivity index (χ1n) is 7.70. The molecule has 2 fully saturated rings. The first kappa shape index (κ1) is 13.8. The molecule has 0 radical (unpaired) electrons. The smallest absolute Gasteiger partial charge is 0.0672 e. The van der Waals surface area contributed by atoms with E-state index in [1.165, 1.54) is 44.9 Å². The van der Waals surface area contributed by atoms with Crippen molar-refractivity contribution in [3.63, 3.8) is 0 Å². The molecule has 0 bridgehead atoms. The van der Waals surface area contributed by atoms with E-state index in [2.05, 4.69) is 11.0 Å². The summed E-state index contributed by atoms with van der Waals surface area (Å²) in [6, 6.07) is 3.39. The van der Waals surface area contributed by atoms with Crippen LogP contribution in [0.4, 0.5) is 0 Å². The maximum atomic E-state index is 9.46. The van der Waals surface area contributed by atoms with Gasteiger partial charge < -0.3 is 5.73 Å². The number of nitrogens with zero attached hydrogens (tertiary/aromatic N) is 2. The monoisotopic (exact) mass is 249 g/mol. The van der Waals surface area contributed by atoms with E-state index in [1.54, 1.807) is 0 Å². The van der Waals surface area contributed by atoms with Crippen LogP contribution >= 0.6 is 0 Å². The average Bonchev–Trinajstić information content (AvgIpc) is 2.81. The Balaban J connectivity index is 1.98. The van der Waals surface area contributed by atoms with Crippen LogP contribution in [0.25, 0.3) is 0 Å². The van der Waals surface area contributed by atoms with Gasteiger partial charge in [-0.2, -0.15) is 5.26 Å². The molecule has 1 heterocycles. The summed E-state index contributed by atoms with van der Waals surface area (Å²) in [5.74, 6) is 0.230. The summed E-state index contributed by atoms with van der Waals surface area (Å²) in [7, 11) is 0. The van der Waals surface area contributed by atoms with E-state index >= 15 is 0 Å². The van der Waals surface area contributed by atoms with E-state index in [9.17, 15) is 5.26 Å². The van der Waals surface area contributed by atoms with E-state index in [4.69, 9.17) is 5.73 Å². The van der Waals surface area contributed by atoms with Crippen LogP contribution in [0.3, 0.4) is 0 Å². The van der Waals surface area contributed by atoms with Gasteiger partial charge in [-0.3, -0.25) is 4.90 Å². The summed E-state index contributed by atoms with van der Waals surface area (Å²) in [6.45, 7) is 2.10. The van der Waals surface area contributed by atoms with Gasteiger partial charge in [-0.25, -0.2) is 0 Å². The van der Waals surface area contributed by atoms with E-state index in [0.717, 1.165) is 25.9 Å². The second-order valence-corrected chi connectivity index (χ2v) is 6.05. The van der Waals surface area contributed by atoms with Gasteiger partial charge in [0, 0.05) is 25.2 Å². The van der Waals surface area contributed by atoms with Gasteiger partial charge in [0.05, 0.1) is 12.0 Å². The van der Waals surface area contributed by atoms with Gasteiger partial charge in [-0.1, -0.05) is 38.5 Å². The lowest BCUT2D eigenvalue weighted by Gasteiger charge is -2.32. The summed E-state index contributed by atoms with van der Waals surface area (Å²) in [4.78, 5) is 2.50.